The molecule has 3 rings (SSSR count). The number of hydrogen-bond donors (Lipinski definition) is 1. The van der Waals surface area contributed by atoms with Gasteiger partial charge in [0.1, 0.15) is 0 Å². The van der Waals surface area contributed by atoms with Crippen molar-refractivity contribution < 1.29 is 4.52 Å². The minimum absolute atomic E-state index is 0. The van der Waals surface area contributed by atoms with Crippen LogP contribution in [0.5, 0.6) is 0 Å². The second-order valence-electron chi connectivity index (χ2n) is 6.76. The Morgan fingerprint density at radius 1 is 1.29 bits per heavy atom. The lowest BCUT2D eigenvalue weighted by atomic mass is 10.1. The number of aromatic nitrogens is 3. The molecule has 1 N–H and O–H groups in total. The van der Waals surface area contributed by atoms with Gasteiger partial charge in [-0.2, -0.15) is 5.10 Å². The van der Waals surface area contributed by atoms with Gasteiger partial charge in [-0.3, -0.25) is 4.99 Å². The summed E-state index contributed by atoms with van der Waals surface area (Å²) in [5.41, 5.74) is 3.11. The Balaban J connectivity index is 0.00000280. The molecule has 0 fully saturated rings. The minimum Gasteiger partial charge on any atom is -0.359 e. The van der Waals surface area contributed by atoms with Gasteiger partial charge in [-0.05, 0) is 18.1 Å². The summed E-state index contributed by atoms with van der Waals surface area (Å²) in [5, 5.41) is 11.8. The van der Waals surface area contributed by atoms with Gasteiger partial charge in [0.05, 0.1) is 24.1 Å². The highest BCUT2D eigenvalue weighted by atomic mass is 127. The molecule has 0 amide bonds. The van der Waals surface area contributed by atoms with E-state index in [1.165, 1.54) is 0 Å². The molecule has 0 unspecified atom stereocenters. The number of para-hydroxylation sites is 1. The third kappa shape index (κ3) is 5.57. The molecule has 3 aromatic rings. The van der Waals surface area contributed by atoms with Crippen LogP contribution in [0.1, 0.15) is 36.8 Å². The minimum atomic E-state index is 0. The van der Waals surface area contributed by atoms with E-state index in [1.54, 1.807) is 7.05 Å². The van der Waals surface area contributed by atoms with Crippen LogP contribution in [0.2, 0.25) is 0 Å². The van der Waals surface area contributed by atoms with E-state index in [2.05, 4.69) is 34.4 Å². The molecule has 2 heterocycles. The number of rotatable bonds is 6. The van der Waals surface area contributed by atoms with Crippen molar-refractivity contribution in [2.45, 2.75) is 32.9 Å². The summed E-state index contributed by atoms with van der Waals surface area (Å²) in [4.78, 5) is 6.40. The van der Waals surface area contributed by atoms with Crippen LogP contribution in [-0.4, -0.2) is 39.9 Å². The third-order valence-electron chi connectivity index (χ3n) is 4.24. The van der Waals surface area contributed by atoms with Crippen LogP contribution in [0.3, 0.4) is 0 Å². The summed E-state index contributed by atoms with van der Waals surface area (Å²) in [7, 11) is 3.77. The zero-order chi connectivity index (χ0) is 19.2. The van der Waals surface area contributed by atoms with Crippen LogP contribution in [0.4, 0.5) is 0 Å². The van der Waals surface area contributed by atoms with Crippen molar-refractivity contribution in [3.63, 3.8) is 0 Å². The van der Waals surface area contributed by atoms with Gasteiger partial charge >= 0.3 is 0 Å². The van der Waals surface area contributed by atoms with E-state index in [0.717, 1.165) is 28.7 Å². The Morgan fingerprint density at radius 2 is 2.04 bits per heavy atom. The Kier molecular flexibility index (Phi) is 8.04. The van der Waals surface area contributed by atoms with Crippen molar-refractivity contribution in [3.8, 4) is 5.69 Å². The van der Waals surface area contributed by atoms with Gasteiger partial charge in [0.15, 0.2) is 11.7 Å². The van der Waals surface area contributed by atoms with Gasteiger partial charge in [0, 0.05) is 38.5 Å². The molecule has 0 aliphatic heterocycles. The molecule has 0 bridgehead atoms. The zero-order valence-corrected chi connectivity index (χ0v) is 19.0. The normalized spacial score (nSPS) is 11.4. The first kappa shape index (κ1) is 21.9. The van der Waals surface area contributed by atoms with E-state index in [-0.39, 0.29) is 24.0 Å². The Morgan fingerprint density at radius 3 is 2.68 bits per heavy atom. The first-order chi connectivity index (χ1) is 13.1. The van der Waals surface area contributed by atoms with Crippen LogP contribution >= 0.6 is 24.0 Å². The fraction of sp³-hybridized carbons (Fsp3) is 0.350. The lowest BCUT2D eigenvalue weighted by molar-refractivity contribution is 0.369. The second kappa shape index (κ2) is 10.3. The average molecular weight is 494 g/mol. The Bertz CT molecular complexity index is 887. The summed E-state index contributed by atoms with van der Waals surface area (Å²) < 4.78 is 7.25. The number of benzene rings is 1. The van der Waals surface area contributed by atoms with Crippen LogP contribution in [0, 0.1) is 0 Å². The topological polar surface area (TPSA) is 71.5 Å². The lowest BCUT2D eigenvalue weighted by Crippen LogP contribution is -2.37. The molecule has 8 heteroatoms. The molecule has 150 valence electrons. The third-order valence-corrected chi connectivity index (χ3v) is 4.24. The molecule has 1 aromatic carbocycles. The molecular formula is C20H27IN6O. The maximum absolute atomic E-state index is 5.37. The summed E-state index contributed by atoms with van der Waals surface area (Å²) in [6.07, 6.45) is 3.91. The molecule has 0 saturated heterocycles. The van der Waals surface area contributed by atoms with Crippen LogP contribution in [0.25, 0.3) is 5.69 Å². The van der Waals surface area contributed by atoms with E-state index in [9.17, 15) is 0 Å². The highest BCUT2D eigenvalue weighted by molar-refractivity contribution is 14.0. The standard InChI is InChI=1S/C20H26N6O.HI/c1-15(2)19-10-18(27-24-19)12-22-20(21-3)25(4)13-16-11-23-26(14-16)17-8-6-5-7-9-17;/h5-11,14-15H,12-13H2,1-4H3,(H,21,22);1H. The smallest absolute Gasteiger partial charge is 0.194 e. The predicted octanol–water partition coefficient (Wildman–Crippen LogP) is 3.81. The summed E-state index contributed by atoms with van der Waals surface area (Å²) >= 11 is 0. The van der Waals surface area contributed by atoms with E-state index in [1.807, 2.05) is 65.4 Å². The van der Waals surface area contributed by atoms with E-state index < -0.39 is 0 Å². The van der Waals surface area contributed by atoms with Gasteiger partial charge in [-0.15, -0.1) is 24.0 Å². The van der Waals surface area contributed by atoms with Crippen molar-refractivity contribution >= 4 is 29.9 Å². The first-order valence-corrected chi connectivity index (χ1v) is 9.03. The maximum atomic E-state index is 5.37. The van der Waals surface area contributed by atoms with Crippen LogP contribution in [-0.2, 0) is 13.1 Å². The number of halogens is 1. The molecule has 0 aliphatic rings. The van der Waals surface area contributed by atoms with Crippen molar-refractivity contribution in [2.75, 3.05) is 14.1 Å². The molecule has 0 atom stereocenters. The fourth-order valence-electron chi connectivity index (χ4n) is 2.75. The molecule has 0 saturated carbocycles. The highest BCUT2D eigenvalue weighted by Gasteiger charge is 2.11. The number of aliphatic imine (C=N–C) groups is 1. The molecule has 0 radical (unpaired) electrons. The quantitative estimate of drug-likeness (QED) is 0.321. The number of guanidine groups is 1. The first-order valence-electron chi connectivity index (χ1n) is 9.03. The van der Waals surface area contributed by atoms with Gasteiger partial charge in [-0.1, -0.05) is 37.2 Å². The number of nitrogens with one attached hydrogen (secondary N) is 1. The Hall–Kier alpha value is -2.36. The van der Waals surface area contributed by atoms with Gasteiger partial charge in [-0.25, -0.2) is 4.68 Å². The number of hydrogen-bond acceptors (Lipinski definition) is 4. The largest absolute Gasteiger partial charge is 0.359 e. The van der Waals surface area contributed by atoms with E-state index in [0.29, 0.717) is 19.0 Å². The Labute approximate surface area is 182 Å². The van der Waals surface area contributed by atoms with Crippen LogP contribution in [0.15, 0.2) is 58.3 Å². The monoisotopic (exact) mass is 494 g/mol. The fourth-order valence-corrected chi connectivity index (χ4v) is 2.75. The van der Waals surface area contributed by atoms with Crippen molar-refractivity contribution in [2.24, 2.45) is 4.99 Å². The van der Waals surface area contributed by atoms with Crippen molar-refractivity contribution in [3.05, 3.63) is 65.8 Å². The summed E-state index contributed by atoms with van der Waals surface area (Å²) in [6, 6.07) is 12.0. The van der Waals surface area contributed by atoms with Crippen LogP contribution < -0.4 is 5.32 Å². The van der Waals surface area contributed by atoms with Crippen molar-refractivity contribution in [1.29, 1.82) is 0 Å². The molecule has 0 spiro atoms. The predicted molar refractivity (Wildman–Crippen MR) is 121 cm³/mol. The molecule has 7 nitrogen and oxygen atoms in total. The van der Waals surface area contributed by atoms with Gasteiger partial charge < -0.3 is 14.7 Å². The van der Waals surface area contributed by atoms with E-state index in [4.69, 9.17) is 4.52 Å². The second-order valence-corrected chi connectivity index (χ2v) is 6.76. The molecular weight excluding hydrogens is 467 g/mol. The van der Waals surface area contributed by atoms with Crippen molar-refractivity contribution in [1.82, 2.24) is 25.2 Å². The maximum Gasteiger partial charge on any atom is 0.194 e. The molecule has 0 aliphatic carbocycles. The average Bonchev–Trinajstić information content (AvgIpc) is 3.33. The number of nitrogens with zero attached hydrogens (tertiary/aromatic N) is 5. The molecule has 28 heavy (non-hydrogen) atoms. The van der Waals surface area contributed by atoms with E-state index >= 15 is 0 Å². The molecule has 2 aromatic heterocycles. The summed E-state index contributed by atoms with van der Waals surface area (Å²) in [6.45, 7) is 5.43. The zero-order valence-electron chi connectivity index (χ0n) is 16.7. The van der Waals surface area contributed by atoms with Gasteiger partial charge in [0.2, 0.25) is 0 Å². The lowest BCUT2D eigenvalue weighted by Gasteiger charge is -2.20. The SMILES string of the molecule is CN=C(NCc1cc(C(C)C)no1)N(C)Cc1cnn(-c2ccccc2)c1.I. The summed E-state index contributed by atoms with van der Waals surface area (Å²) in [5.74, 6) is 1.93. The highest BCUT2D eigenvalue weighted by Crippen LogP contribution is 2.14. The van der Waals surface area contributed by atoms with Gasteiger partial charge in [0.25, 0.3) is 0 Å².